The highest BCUT2D eigenvalue weighted by Gasteiger charge is 2.15. The zero-order valence-corrected chi connectivity index (χ0v) is 17.5. The highest BCUT2D eigenvalue weighted by Crippen LogP contribution is 2.18. The molecule has 3 rings (SSSR count). The van der Waals surface area contributed by atoms with Crippen molar-refractivity contribution >= 4 is 23.4 Å². The van der Waals surface area contributed by atoms with Crippen molar-refractivity contribution in [2.75, 3.05) is 6.26 Å². The number of hydrogen-bond acceptors (Lipinski definition) is 6. The third-order valence-corrected chi connectivity index (χ3v) is 5.31. The molecule has 0 aromatic carbocycles. The summed E-state index contributed by atoms with van der Waals surface area (Å²) in [4.78, 5) is 36.0. The van der Waals surface area contributed by atoms with Gasteiger partial charge in [0.25, 0.3) is 11.3 Å². The summed E-state index contributed by atoms with van der Waals surface area (Å²) in [6.45, 7) is 7.81. The molecule has 0 aliphatic carbocycles. The van der Waals surface area contributed by atoms with Gasteiger partial charge in [0.1, 0.15) is 0 Å². The van der Waals surface area contributed by atoms with Crippen molar-refractivity contribution in [3.8, 4) is 0 Å². The fourth-order valence-corrected chi connectivity index (χ4v) is 3.59. The van der Waals surface area contributed by atoms with E-state index in [1.807, 2.05) is 40.0 Å². The van der Waals surface area contributed by atoms with Crippen molar-refractivity contribution in [2.45, 2.75) is 52.2 Å². The molecule has 8 nitrogen and oxygen atoms in total. The molecule has 3 heterocycles. The summed E-state index contributed by atoms with van der Waals surface area (Å²) >= 11 is 1.47. The largest absolute Gasteiger partial charge is 0.352 e. The minimum absolute atomic E-state index is 0.110. The van der Waals surface area contributed by atoms with Gasteiger partial charge in [-0.15, -0.1) is 5.10 Å². The monoisotopic (exact) mass is 400 g/mol. The average Bonchev–Trinajstić information content (AvgIpc) is 3.03. The van der Waals surface area contributed by atoms with Crippen molar-refractivity contribution in [2.24, 2.45) is 0 Å². The van der Waals surface area contributed by atoms with E-state index in [4.69, 9.17) is 0 Å². The average molecular weight is 401 g/mol. The Kier molecular flexibility index (Phi) is 5.83. The van der Waals surface area contributed by atoms with Crippen LogP contribution < -0.4 is 10.9 Å². The molecule has 0 saturated carbocycles. The minimum Gasteiger partial charge on any atom is -0.352 e. The van der Waals surface area contributed by atoms with Gasteiger partial charge in [-0.1, -0.05) is 11.8 Å². The van der Waals surface area contributed by atoms with E-state index in [9.17, 15) is 9.59 Å². The molecule has 0 unspecified atom stereocenters. The number of aryl methyl sites for hydroxylation is 4. The standard InChI is InChI=1S/C19H24N6O2S/c1-10-8-11(2)21-17(27)15(10)9-20-16(26)7-6-14-12(3)22-18-23-19(28-5)24-25(18)13(14)4/h8H,6-7,9H2,1-5H3,(H,20,26)(H,21,27). The van der Waals surface area contributed by atoms with Gasteiger partial charge in [-0.05, 0) is 57.6 Å². The fourth-order valence-electron chi connectivity index (χ4n) is 3.25. The van der Waals surface area contributed by atoms with Crippen LogP contribution in [0.1, 0.15) is 40.2 Å². The molecule has 1 amide bonds. The van der Waals surface area contributed by atoms with Crippen molar-refractivity contribution in [1.29, 1.82) is 0 Å². The van der Waals surface area contributed by atoms with Gasteiger partial charge in [-0.25, -0.2) is 9.50 Å². The van der Waals surface area contributed by atoms with Gasteiger partial charge < -0.3 is 10.3 Å². The first-order chi connectivity index (χ1) is 13.3. The Morgan fingerprint density at radius 1 is 1.21 bits per heavy atom. The number of aromatic nitrogens is 5. The van der Waals surface area contributed by atoms with Crippen LogP contribution in [0.25, 0.3) is 5.78 Å². The molecule has 0 aliphatic rings. The number of nitrogens with one attached hydrogen (secondary N) is 2. The summed E-state index contributed by atoms with van der Waals surface area (Å²) in [6.07, 6.45) is 2.77. The number of H-pyrrole nitrogens is 1. The fraction of sp³-hybridized carbons (Fsp3) is 0.421. The number of hydrogen-bond donors (Lipinski definition) is 2. The Hall–Kier alpha value is -2.68. The predicted molar refractivity (Wildman–Crippen MR) is 109 cm³/mol. The van der Waals surface area contributed by atoms with Crippen LogP contribution in [0.4, 0.5) is 0 Å². The molecular formula is C19H24N6O2S. The van der Waals surface area contributed by atoms with Crippen LogP contribution in [0, 0.1) is 27.7 Å². The van der Waals surface area contributed by atoms with Gasteiger partial charge in [0.15, 0.2) is 0 Å². The van der Waals surface area contributed by atoms with E-state index >= 15 is 0 Å². The quantitative estimate of drug-likeness (QED) is 0.613. The maximum absolute atomic E-state index is 12.3. The molecule has 3 aromatic rings. The molecule has 0 bridgehead atoms. The predicted octanol–water partition coefficient (Wildman–Crippen LogP) is 2.02. The summed E-state index contributed by atoms with van der Waals surface area (Å²) in [6, 6.07) is 1.90. The number of aromatic amines is 1. The highest BCUT2D eigenvalue weighted by atomic mass is 32.2. The molecule has 148 valence electrons. The Morgan fingerprint density at radius 3 is 2.64 bits per heavy atom. The molecule has 0 saturated heterocycles. The Bertz CT molecular complexity index is 1100. The van der Waals surface area contributed by atoms with Crippen molar-refractivity contribution in [3.05, 3.63) is 50.2 Å². The molecule has 0 atom stereocenters. The summed E-state index contributed by atoms with van der Waals surface area (Å²) < 4.78 is 1.72. The number of fused-ring (bicyclic) bond motifs is 1. The van der Waals surface area contributed by atoms with Gasteiger partial charge in [-0.2, -0.15) is 4.98 Å². The molecule has 0 spiro atoms. The summed E-state index contributed by atoms with van der Waals surface area (Å²) in [5.74, 6) is 0.461. The smallest absolute Gasteiger partial charge is 0.253 e. The van der Waals surface area contributed by atoms with Gasteiger partial charge >= 0.3 is 0 Å². The van der Waals surface area contributed by atoms with E-state index in [1.165, 1.54) is 11.8 Å². The van der Waals surface area contributed by atoms with Gasteiger partial charge in [0.05, 0.1) is 0 Å². The normalized spacial score (nSPS) is 11.2. The van der Waals surface area contributed by atoms with Crippen LogP contribution in [-0.4, -0.2) is 36.7 Å². The number of nitrogens with zero attached hydrogens (tertiary/aromatic N) is 4. The number of thioether (sulfide) groups is 1. The lowest BCUT2D eigenvalue weighted by molar-refractivity contribution is -0.121. The molecule has 9 heteroatoms. The number of amides is 1. The van der Waals surface area contributed by atoms with Gasteiger partial charge in [0, 0.05) is 35.6 Å². The molecule has 0 aliphatic heterocycles. The second kappa shape index (κ2) is 8.14. The van der Waals surface area contributed by atoms with Gasteiger partial charge in [0.2, 0.25) is 11.1 Å². The molecule has 2 N–H and O–H groups in total. The Balaban J connectivity index is 1.69. The lowest BCUT2D eigenvalue weighted by Gasteiger charge is -2.11. The van der Waals surface area contributed by atoms with Crippen LogP contribution >= 0.6 is 11.8 Å². The van der Waals surface area contributed by atoms with Crippen LogP contribution in [0.5, 0.6) is 0 Å². The lowest BCUT2D eigenvalue weighted by Crippen LogP contribution is -2.28. The number of pyridine rings is 1. The number of carbonyl (C=O) groups excluding carboxylic acids is 1. The van der Waals surface area contributed by atoms with E-state index in [0.29, 0.717) is 29.3 Å². The van der Waals surface area contributed by atoms with Crippen LogP contribution in [0.3, 0.4) is 0 Å². The minimum atomic E-state index is -0.157. The molecule has 3 aromatic heterocycles. The molecule has 28 heavy (non-hydrogen) atoms. The molecule has 0 fully saturated rings. The first-order valence-corrected chi connectivity index (χ1v) is 10.3. The second-order valence-electron chi connectivity index (χ2n) is 6.79. The van der Waals surface area contributed by atoms with Crippen LogP contribution in [0.15, 0.2) is 16.0 Å². The zero-order chi connectivity index (χ0) is 20.4. The first-order valence-electron chi connectivity index (χ1n) is 9.03. The molecular weight excluding hydrogens is 376 g/mol. The lowest BCUT2D eigenvalue weighted by atomic mass is 10.1. The maximum Gasteiger partial charge on any atom is 0.253 e. The third kappa shape index (κ3) is 4.09. The van der Waals surface area contributed by atoms with Crippen LogP contribution in [-0.2, 0) is 17.8 Å². The topological polar surface area (TPSA) is 105 Å². The van der Waals surface area contributed by atoms with Crippen molar-refractivity contribution in [1.82, 2.24) is 29.9 Å². The van der Waals surface area contributed by atoms with E-state index in [-0.39, 0.29) is 18.0 Å². The van der Waals surface area contributed by atoms with Crippen LogP contribution in [0.2, 0.25) is 0 Å². The van der Waals surface area contributed by atoms with E-state index < -0.39 is 0 Å². The SMILES string of the molecule is CSc1nc2nc(C)c(CCC(=O)NCc3c(C)cc(C)[nH]c3=O)c(C)n2n1. The van der Waals surface area contributed by atoms with E-state index in [2.05, 4.69) is 25.4 Å². The Labute approximate surface area is 167 Å². The van der Waals surface area contributed by atoms with E-state index in [1.54, 1.807) is 4.52 Å². The summed E-state index contributed by atoms with van der Waals surface area (Å²) in [5.41, 5.74) is 4.89. The third-order valence-electron chi connectivity index (χ3n) is 4.77. The number of carbonyl (C=O) groups is 1. The van der Waals surface area contributed by atoms with E-state index in [0.717, 1.165) is 28.2 Å². The molecule has 0 radical (unpaired) electrons. The summed E-state index contributed by atoms with van der Waals surface area (Å²) in [5, 5.41) is 7.94. The second-order valence-corrected chi connectivity index (χ2v) is 7.56. The zero-order valence-electron chi connectivity index (χ0n) is 16.7. The maximum atomic E-state index is 12.3. The van der Waals surface area contributed by atoms with Crippen molar-refractivity contribution in [3.63, 3.8) is 0 Å². The first kappa shape index (κ1) is 20.1. The summed E-state index contributed by atoms with van der Waals surface area (Å²) in [7, 11) is 0. The van der Waals surface area contributed by atoms with Crippen molar-refractivity contribution < 1.29 is 4.79 Å². The Morgan fingerprint density at radius 2 is 1.96 bits per heavy atom. The van der Waals surface area contributed by atoms with Gasteiger partial charge in [-0.3, -0.25) is 9.59 Å². The number of rotatable bonds is 6. The highest BCUT2D eigenvalue weighted by molar-refractivity contribution is 7.98.